The lowest BCUT2D eigenvalue weighted by Gasteiger charge is -2.26. The molecule has 8 heteroatoms. The number of rotatable bonds is 4. The fourth-order valence-corrected chi connectivity index (χ4v) is 3.39. The fraction of sp³-hybridized carbons (Fsp3) is 0.368. The number of H-pyrrole nitrogens is 1. The Morgan fingerprint density at radius 1 is 1.30 bits per heavy atom. The number of carbonyl (C=O) groups is 1. The smallest absolute Gasteiger partial charge is 0.244 e. The highest BCUT2D eigenvalue weighted by molar-refractivity contribution is 5.76. The fourth-order valence-electron chi connectivity index (χ4n) is 3.39. The summed E-state index contributed by atoms with van der Waals surface area (Å²) in [6, 6.07) is 9.39. The number of nitrogens with one attached hydrogen (secondary N) is 1. The molecular formula is C19H23N7O. The van der Waals surface area contributed by atoms with Gasteiger partial charge in [0.2, 0.25) is 5.91 Å². The number of aromatic amines is 1. The second kappa shape index (κ2) is 6.96. The quantitative estimate of drug-likeness (QED) is 0.730. The van der Waals surface area contributed by atoms with Crippen molar-refractivity contribution in [3.63, 3.8) is 0 Å². The molecule has 0 aliphatic carbocycles. The van der Waals surface area contributed by atoms with E-state index in [9.17, 15) is 4.79 Å². The minimum absolute atomic E-state index is 0.000635. The van der Waals surface area contributed by atoms with Crippen molar-refractivity contribution in [1.29, 1.82) is 0 Å². The highest BCUT2D eigenvalue weighted by atomic mass is 16.2. The molecule has 8 nitrogen and oxygen atoms in total. The van der Waals surface area contributed by atoms with Crippen molar-refractivity contribution in [2.75, 3.05) is 6.54 Å². The molecule has 27 heavy (non-hydrogen) atoms. The number of amides is 1. The minimum atomic E-state index is -0.314. The van der Waals surface area contributed by atoms with Crippen LogP contribution in [0.3, 0.4) is 0 Å². The molecule has 0 spiro atoms. The maximum atomic E-state index is 12.9. The van der Waals surface area contributed by atoms with E-state index in [0.717, 1.165) is 29.2 Å². The van der Waals surface area contributed by atoms with E-state index in [2.05, 4.69) is 20.1 Å². The van der Waals surface area contributed by atoms with Gasteiger partial charge in [0.05, 0.1) is 24.0 Å². The predicted molar refractivity (Wildman–Crippen MR) is 101 cm³/mol. The lowest BCUT2D eigenvalue weighted by Crippen LogP contribution is -2.38. The Morgan fingerprint density at radius 3 is 2.81 bits per heavy atom. The van der Waals surface area contributed by atoms with Gasteiger partial charge in [-0.25, -0.2) is 14.6 Å². The molecule has 1 aliphatic rings. The lowest BCUT2D eigenvalue weighted by molar-refractivity contribution is -0.133. The van der Waals surface area contributed by atoms with Crippen molar-refractivity contribution in [2.24, 2.45) is 5.73 Å². The predicted octanol–water partition coefficient (Wildman–Crippen LogP) is 1.58. The molecule has 0 saturated heterocycles. The number of imidazole rings is 1. The molecule has 1 aromatic carbocycles. The zero-order valence-corrected chi connectivity index (χ0v) is 15.5. The molecule has 0 fully saturated rings. The maximum Gasteiger partial charge on any atom is 0.244 e. The Morgan fingerprint density at radius 2 is 2.07 bits per heavy atom. The standard InChI is InChI=1S/C19H23N7O/c1-12(20)19-23-18(14-6-4-3-5-7-14)24-26(19)11-17(27)25-9-8-15-16(10-25)22-13(2)21-15/h3-7,12H,8-11,20H2,1-2H3,(H,21,22)/t12-/m0/s1. The second-order valence-corrected chi connectivity index (χ2v) is 6.92. The third-order valence-electron chi connectivity index (χ3n) is 4.73. The first-order valence-electron chi connectivity index (χ1n) is 9.09. The molecule has 0 unspecified atom stereocenters. The van der Waals surface area contributed by atoms with Crippen molar-refractivity contribution in [3.05, 3.63) is 53.4 Å². The van der Waals surface area contributed by atoms with Crippen LogP contribution in [0.2, 0.25) is 0 Å². The summed E-state index contributed by atoms with van der Waals surface area (Å²) >= 11 is 0. The van der Waals surface area contributed by atoms with Crippen molar-refractivity contribution in [2.45, 2.75) is 39.4 Å². The highest BCUT2D eigenvalue weighted by Gasteiger charge is 2.25. The summed E-state index contributed by atoms with van der Waals surface area (Å²) in [4.78, 5) is 27.0. The molecule has 0 bridgehead atoms. The van der Waals surface area contributed by atoms with Crippen LogP contribution in [0.15, 0.2) is 30.3 Å². The molecule has 3 N–H and O–H groups in total. The van der Waals surface area contributed by atoms with Crippen LogP contribution in [-0.2, 0) is 24.3 Å². The van der Waals surface area contributed by atoms with Gasteiger partial charge in [-0.15, -0.1) is 0 Å². The highest BCUT2D eigenvalue weighted by Crippen LogP contribution is 2.20. The molecule has 1 aliphatic heterocycles. The number of benzene rings is 1. The van der Waals surface area contributed by atoms with Gasteiger partial charge in [-0.2, -0.15) is 5.10 Å². The van der Waals surface area contributed by atoms with Gasteiger partial charge in [0.25, 0.3) is 0 Å². The van der Waals surface area contributed by atoms with Crippen LogP contribution in [-0.4, -0.2) is 42.1 Å². The normalized spacial score (nSPS) is 14.9. The number of hydrogen-bond donors (Lipinski definition) is 2. The van der Waals surface area contributed by atoms with Crippen LogP contribution in [0.1, 0.15) is 36.0 Å². The number of fused-ring (bicyclic) bond motifs is 1. The summed E-state index contributed by atoms with van der Waals surface area (Å²) < 4.78 is 1.63. The van der Waals surface area contributed by atoms with Crippen molar-refractivity contribution >= 4 is 5.91 Å². The summed E-state index contributed by atoms with van der Waals surface area (Å²) in [7, 11) is 0. The first kappa shape index (κ1) is 17.4. The number of hydrogen-bond acceptors (Lipinski definition) is 5. The number of nitrogens with zero attached hydrogens (tertiary/aromatic N) is 5. The van der Waals surface area contributed by atoms with Gasteiger partial charge in [-0.1, -0.05) is 30.3 Å². The molecule has 1 amide bonds. The number of aryl methyl sites for hydroxylation is 1. The van der Waals surface area contributed by atoms with Crippen LogP contribution in [0.4, 0.5) is 0 Å². The third kappa shape index (κ3) is 3.48. The molecule has 0 saturated carbocycles. The van der Waals surface area contributed by atoms with E-state index in [1.54, 1.807) is 4.68 Å². The minimum Gasteiger partial charge on any atom is -0.344 e. The zero-order valence-electron chi connectivity index (χ0n) is 15.5. The molecule has 0 radical (unpaired) electrons. The van der Waals surface area contributed by atoms with E-state index < -0.39 is 0 Å². The molecule has 2 aromatic heterocycles. The lowest BCUT2D eigenvalue weighted by atomic mass is 10.1. The average molecular weight is 365 g/mol. The Hall–Kier alpha value is -3.00. The number of nitrogens with two attached hydrogens (primary N) is 1. The van der Waals surface area contributed by atoms with Crippen molar-refractivity contribution < 1.29 is 4.79 Å². The van der Waals surface area contributed by atoms with Crippen molar-refractivity contribution in [1.82, 2.24) is 29.6 Å². The van der Waals surface area contributed by atoms with Gasteiger partial charge in [0.1, 0.15) is 18.2 Å². The molecule has 3 aromatic rings. The van der Waals surface area contributed by atoms with Crippen LogP contribution in [0, 0.1) is 6.92 Å². The maximum absolute atomic E-state index is 12.9. The summed E-state index contributed by atoms with van der Waals surface area (Å²) in [5, 5.41) is 4.54. The van der Waals surface area contributed by atoms with Gasteiger partial charge in [-0.3, -0.25) is 4.79 Å². The van der Waals surface area contributed by atoms with Gasteiger partial charge >= 0.3 is 0 Å². The Balaban J connectivity index is 1.55. The topological polar surface area (TPSA) is 106 Å². The van der Waals surface area contributed by atoms with Gasteiger partial charge in [-0.05, 0) is 13.8 Å². The first-order chi connectivity index (χ1) is 13.0. The summed E-state index contributed by atoms with van der Waals surface area (Å²) in [6.45, 7) is 5.10. The largest absolute Gasteiger partial charge is 0.344 e. The summed E-state index contributed by atoms with van der Waals surface area (Å²) in [6.07, 6.45) is 0.762. The molecule has 1 atom stereocenters. The summed E-state index contributed by atoms with van der Waals surface area (Å²) in [5.74, 6) is 2.08. The van der Waals surface area contributed by atoms with Gasteiger partial charge < -0.3 is 15.6 Å². The van der Waals surface area contributed by atoms with Crippen LogP contribution < -0.4 is 5.73 Å². The van der Waals surface area contributed by atoms with Gasteiger partial charge in [0.15, 0.2) is 5.82 Å². The SMILES string of the molecule is Cc1nc2c([nH]1)CN(C(=O)Cn1nc(-c3ccccc3)nc1[C@H](C)N)CC2. The Bertz CT molecular complexity index is 958. The van der Waals surface area contributed by atoms with Crippen LogP contribution in [0.5, 0.6) is 0 Å². The molecule has 4 rings (SSSR count). The third-order valence-corrected chi connectivity index (χ3v) is 4.73. The van der Waals surface area contributed by atoms with Crippen LogP contribution in [0.25, 0.3) is 11.4 Å². The molecule has 3 heterocycles. The van der Waals surface area contributed by atoms with Gasteiger partial charge in [0, 0.05) is 18.5 Å². The Labute approximate surface area is 157 Å². The summed E-state index contributed by atoms with van der Waals surface area (Å²) in [5.41, 5.74) is 9.04. The zero-order chi connectivity index (χ0) is 19.0. The van der Waals surface area contributed by atoms with E-state index in [4.69, 9.17) is 5.73 Å². The molecular weight excluding hydrogens is 342 g/mol. The second-order valence-electron chi connectivity index (χ2n) is 6.92. The monoisotopic (exact) mass is 365 g/mol. The van der Waals surface area contributed by atoms with Crippen molar-refractivity contribution in [3.8, 4) is 11.4 Å². The number of aromatic nitrogens is 5. The Kier molecular flexibility index (Phi) is 4.49. The van der Waals surface area contributed by atoms with E-state index in [1.165, 1.54) is 0 Å². The molecule has 140 valence electrons. The van der Waals surface area contributed by atoms with E-state index in [1.807, 2.05) is 49.1 Å². The first-order valence-corrected chi connectivity index (χ1v) is 9.09. The average Bonchev–Trinajstić information content (AvgIpc) is 3.24. The number of carbonyl (C=O) groups excluding carboxylic acids is 1. The van der Waals surface area contributed by atoms with E-state index >= 15 is 0 Å². The van der Waals surface area contributed by atoms with E-state index in [-0.39, 0.29) is 18.5 Å². The van der Waals surface area contributed by atoms with E-state index in [0.29, 0.717) is 24.7 Å². The van der Waals surface area contributed by atoms with Crippen LogP contribution >= 0.6 is 0 Å².